The number of nitrogens with zero attached hydrogens (tertiary/aromatic N) is 2. The Morgan fingerprint density at radius 3 is 2.32 bits per heavy atom. The van der Waals surface area contributed by atoms with Gasteiger partial charge in [-0.3, -0.25) is 0 Å². The average molecular weight is 394 g/mol. The summed E-state index contributed by atoms with van der Waals surface area (Å²) in [7, 11) is -3.59. The Morgan fingerprint density at radius 2 is 1.71 bits per heavy atom. The van der Waals surface area contributed by atoms with Crippen molar-refractivity contribution in [3.05, 3.63) is 89.7 Å². The fourth-order valence-electron chi connectivity index (χ4n) is 2.69. The van der Waals surface area contributed by atoms with Crippen LogP contribution >= 0.6 is 0 Å². The molecule has 0 aliphatic carbocycles. The molecule has 0 aliphatic rings. The summed E-state index contributed by atoms with van der Waals surface area (Å²) < 4.78 is 27.0. The van der Waals surface area contributed by atoms with Crippen molar-refractivity contribution in [2.45, 2.75) is 6.54 Å². The second kappa shape index (κ2) is 8.03. The number of rotatable bonds is 5. The molecule has 6 nitrogen and oxygen atoms in total. The standard InChI is InChI=1S/C21H18N2O4S/c1-28(26,27)23(16-17-8-3-2-4-9-17)15-12-18-10-7-11-19(21(24)25)20(18)22-13-5-6-14-22/h2-11,13-14H,16H2,1H3,(H,24,25). The highest BCUT2D eigenvalue weighted by Crippen LogP contribution is 2.20. The van der Waals surface area contributed by atoms with E-state index in [1.165, 1.54) is 6.07 Å². The first-order valence-corrected chi connectivity index (χ1v) is 10.2. The van der Waals surface area contributed by atoms with Crippen LogP contribution in [0.2, 0.25) is 0 Å². The molecule has 1 aromatic heterocycles. The predicted octanol–water partition coefficient (Wildman–Crippen LogP) is 2.95. The van der Waals surface area contributed by atoms with Gasteiger partial charge in [0.2, 0.25) is 10.0 Å². The van der Waals surface area contributed by atoms with Gasteiger partial charge in [-0.1, -0.05) is 36.4 Å². The second-order valence-electron chi connectivity index (χ2n) is 6.09. The van der Waals surface area contributed by atoms with Gasteiger partial charge < -0.3 is 9.67 Å². The molecular weight excluding hydrogens is 376 g/mol. The molecule has 1 heterocycles. The smallest absolute Gasteiger partial charge is 0.337 e. The van der Waals surface area contributed by atoms with Crippen molar-refractivity contribution in [2.24, 2.45) is 0 Å². The summed E-state index contributed by atoms with van der Waals surface area (Å²) in [4.78, 5) is 11.6. The molecule has 0 aliphatic heterocycles. The van der Waals surface area contributed by atoms with E-state index in [0.717, 1.165) is 16.1 Å². The Balaban J connectivity index is 2.06. The summed E-state index contributed by atoms with van der Waals surface area (Å²) in [5, 5.41) is 9.52. The molecule has 0 atom stereocenters. The molecule has 7 heteroatoms. The van der Waals surface area contributed by atoms with Crippen LogP contribution in [0, 0.1) is 12.0 Å². The largest absolute Gasteiger partial charge is 0.478 e. The average Bonchev–Trinajstić information content (AvgIpc) is 3.19. The summed E-state index contributed by atoms with van der Waals surface area (Å²) in [6, 6.07) is 20.1. The summed E-state index contributed by atoms with van der Waals surface area (Å²) >= 11 is 0. The summed E-state index contributed by atoms with van der Waals surface area (Å²) in [5.41, 5.74) is 1.68. The zero-order chi connectivity index (χ0) is 20.1. The molecule has 0 unspecified atom stereocenters. The van der Waals surface area contributed by atoms with E-state index in [2.05, 4.69) is 12.0 Å². The number of benzene rings is 2. The second-order valence-corrected chi connectivity index (χ2v) is 8.00. The van der Waals surface area contributed by atoms with Crippen molar-refractivity contribution >= 4 is 16.0 Å². The minimum atomic E-state index is -3.59. The van der Waals surface area contributed by atoms with Crippen LogP contribution in [0.15, 0.2) is 73.1 Å². The number of carbonyl (C=O) groups is 1. The monoisotopic (exact) mass is 394 g/mol. The third-order valence-corrected chi connectivity index (χ3v) is 5.03. The number of aromatic nitrogens is 1. The minimum Gasteiger partial charge on any atom is -0.478 e. The van der Waals surface area contributed by atoms with Crippen LogP contribution < -0.4 is 0 Å². The van der Waals surface area contributed by atoms with Gasteiger partial charge in [0.1, 0.15) is 0 Å². The van der Waals surface area contributed by atoms with Crippen LogP contribution in [0.1, 0.15) is 21.5 Å². The Morgan fingerprint density at radius 1 is 1.04 bits per heavy atom. The van der Waals surface area contributed by atoms with Gasteiger partial charge in [-0.25, -0.2) is 17.5 Å². The lowest BCUT2D eigenvalue weighted by Gasteiger charge is -2.15. The first kappa shape index (κ1) is 19.3. The molecule has 28 heavy (non-hydrogen) atoms. The van der Waals surface area contributed by atoms with Gasteiger partial charge in [-0.15, -0.1) is 0 Å². The molecule has 0 amide bonds. The van der Waals surface area contributed by atoms with E-state index in [9.17, 15) is 18.3 Å². The Labute approximate surface area is 163 Å². The van der Waals surface area contributed by atoms with Gasteiger partial charge in [0.05, 0.1) is 29.6 Å². The van der Waals surface area contributed by atoms with Crippen LogP contribution in [-0.4, -0.2) is 34.6 Å². The highest BCUT2D eigenvalue weighted by molar-refractivity contribution is 7.88. The summed E-state index contributed by atoms with van der Waals surface area (Å²) in [6.45, 7) is 0.101. The zero-order valence-electron chi connectivity index (χ0n) is 15.1. The van der Waals surface area contributed by atoms with Gasteiger partial charge in [0.25, 0.3) is 0 Å². The first-order chi connectivity index (χ1) is 13.4. The molecule has 0 bridgehead atoms. The zero-order valence-corrected chi connectivity index (χ0v) is 15.9. The molecule has 142 valence electrons. The number of hydrogen-bond acceptors (Lipinski definition) is 3. The fourth-order valence-corrected chi connectivity index (χ4v) is 3.29. The van der Waals surface area contributed by atoms with Gasteiger partial charge >= 0.3 is 5.97 Å². The number of sulfonamides is 1. The quantitative estimate of drug-likeness (QED) is 0.533. The number of para-hydroxylation sites is 1. The SMILES string of the molecule is CS(=O)(=O)N(C#Cc1cccc(C(=O)O)c1-n1cccc1)Cc1ccccc1. The number of carboxylic acids is 1. The van der Waals surface area contributed by atoms with Gasteiger partial charge in [-0.05, 0) is 35.7 Å². The number of hydrogen-bond donors (Lipinski definition) is 1. The maximum Gasteiger partial charge on any atom is 0.337 e. The van der Waals surface area contributed by atoms with Gasteiger partial charge in [0, 0.05) is 18.4 Å². The fraction of sp³-hybridized carbons (Fsp3) is 0.0952. The van der Waals surface area contributed by atoms with Gasteiger partial charge in [-0.2, -0.15) is 0 Å². The summed E-state index contributed by atoms with van der Waals surface area (Å²) in [6.07, 6.45) is 4.52. The normalized spacial score (nSPS) is 10.8. The Kier molecular flexibility index (Phi) is 5.52. The first-order valence-electron chi connectivity index (χ1n) is 8.39. The predicted molar refractivity (Wildman–Crippen MR) is 106 cm³/mol. The molecule has 0 saturated carbocycles. The molecule has 1 N–H and O–H groups in total. The van der Waals surface area contributed by atoms with Crippen molar-refractivity contribution in [1.82, 2.24) is 8.87 Å². The van der Waals surface area contributed by atoms with E-state index in [0.29, 0.717) is 11.3 Å². The molecule has 3 rings (SSSR count). The molecule has 0 fully saturated rings. The maximum atomic E-state index is 12.2. The van der Waals surface area contributed by atoms with Crippen LogP contribution in [0.5, 0.6) is 0 Å². The van der Waals surface area contributed by atoms with Crippen molar-refractivity contribution in [1.29, 1.82) is 0 Å². The van der Waals surface area contributed by atoms with Crippen molar-refractivity contribution in [3.8, 4) is 17.7 Å². The summed E-state index contributed by atoms with van der Waals surface area (Å²) in [5.74, 6) is 1.75. The van der Waals surface area contributed by atoms with E-state index in [-0.39, 0.29) is 12.1 Å². The third kappa shape index (κ3) is 4.42. The van der Waals surface area contributed by atoms with Crippen molar-refractivity contribution in [3.63, 3.8) is 0 Å². The van der Waals surface area contributed by atoms with E-state index >= 15 is 0 Å². The van der Waals surface area contributed by atoms with Crippen LogP contribution in [0.4, 0.5) is 0 Å². The lowest BCUT2D eigenvalue weighted by molar-refractivity contribution is 0.0697. The number of aromatic carboxylic acids is 1. The van der Waals surface area contributed by atoms with Crippen LogP contribution in [0.25, 0.3) is 5.69 Å². The third-order valence-electron chi connectivity index (χ3n) is 4.01. The Bertz CT molecular complexity index is 1140. The molecule has 2 aromatic carbocycles. The maximum absolute atomic E-state index is 12.2. The number of carboxylic acid groups (broad SMARTS) is 1. The minimum absolute atomic E-state index is 0.0805. The van der Waals surface area contributed by atoms with Crippen molar-refractivity contribution < 1.29 is 18.3 Å². The van der Waals surface area contributed by atoms with Crippen LogP contribution in [0.3, 0.4) is 0 Å². The lowest BCUT2D eigenvalue weighted by Crippen LogP contribution is -2.24. The van der Waals surface area contributed by atoms with E-state index in [4.69, 9.17) is 0 Å². The highest BCUT2D eigenvalue weighted by atomic mass is 32.2. The van der Waals surface area contributed by atoms with Gasteiger partial charge in [0.15, 0.2) is 0 Å². The lowest BCUT2D eigenvalue weighted by atomic mass is 10.1. The topological polar surface area (TPSA) is 79.6 Å². The molecule has 0 saturated heterocycles. The molecule has 3 aromatic rings. The highest BCUT2D eigenvalue weighted by Gasteiger charge is 2.16. The molecular formula is C21H18N2O4S. The molecule has 0 spiro atoms. The van der Waals surface area contributed by atoms with Crippen molar-refractivity contribution in [2.75, 3.05) is 6.26 Å². The van der Waals surface area contributed by atoms with E-state index in [1.807, 2.05) is 30.3 Å². The van der Waals surface area contributed by atoms with Crippen LogP contribution in [-0.2, 0) is 16.6 Å². The van der Waals surface area contributed by atoms with E-state index < -0.39 is 16.0 Å². The van der Waals surface area contributed by atoms with E-state index in [1.54, 1.807) is 41.2 Å². The molecule has 0 radical (unpaired) electrons. The Hall–Kier alpha value is -3.50.